The van der Waals surface area contributed by atoms with Crippen molar-refractivity contribution in [1.29, 1.82) is 0 Å². The number of nitrogens with zero attached hydrogens (tertiary/aromatic N) is 2. The normalized spacial score (nSPS) is 11.4. The zero-order valence-electron chi connectivity index (χ0n) is 11.6. The van der Waals surface area contributed by atoms with Gasteiger partial charge in [-0.3, -0.25) is 0 Å². The van der Waals surface area contributed by atoms with Gasteiger partial charge in [-0.15, -0.1) is 0 Å². The molecule has 0 radical (unpaired) electrons. The van der Waals surface area contributed by atoms with E-state index in [-0.39, 0.29) is 5.41 Å². The number of hydrogen-bond donors (Lipinski definition) is 1. The van der Waals surface area contributed by atoms with Gasteiger partial charge in [-0.2, -0.15) is 4.98 Å². The molecule has 0 bridgehead atoms. The summed E-state index contributed by atoms with van der Waals surface area (Å²) in [6, 6.07) is 0. The Morgan fingerprint density at radius 1 is 1.39 bits per heavy atom. The lowest BCUT2D eigenvalue weighted by Gasteiger charge is -2.18. The van der Waals surface area contributed by atoms with Crippen LogP contribution in [-0.2, 0) is 0 Å². The molecular weight excluding hydrogens is 294 g/mol. The first kappa shape index (κ1) is 15.2. The van der Waals surface area contributed by atoms with Crippen molar-refractivity contribution in [2.75, 3.05) is 18.5 Å². The van der Waals surface area contributed by atoms with Crippen LogP contribution >= 0.6 is 15.9 Å². The van der Waals surface area contributed by atoms with Crippen LogP contribution in [0.3, 0.4) is 0 Å². The second-order valence-corrected chi connectivity index (χ2v) is 6.29. The topological polar surface area (TPSA) is 47.0 Å². The van der Waals surface area contributed by atoms with Crippen molar-refractivity contribution < 1.29 is 4.74 Å². The maximum Gasteiger partial charge on any atom is 0.232 e. The first-order valence-corrected chi connectivity index (χ1v) is 7.11. The first-order chi connectivity index (χ1) is 8.42. The number of rotatable bonds is 6. The van der Waals surface area contributed by atoms with E-state index in [1.807, 2.05) is 0 Å². The summed E-state index contributed by atoms with van der Waals surface area (Å²) >= 11 is 3.40. The van der Waals surface area contributed by atoms with Gasteiger partial charge in [-0.05, 0) is 34.2 Å². The van der Waals surface area contributed by atoms with Gasteiger partial charge in [0.2, 0.25) is 11.8 Å². The zero-order valence-corrected chi connectivity index (χ0v) is 13.2. The number of anilines is 1. The van der Waals surface area contributed by atoms with E-state index in [1.165, 1.54) is 0 Å². The van der Waals surface area contributed by atoms with E-state index in [0.29, 0.717) is 18.4 Å². The van der Waals surface area contributed by atoms with Gasteiger partial charge in [0, 0.05) is 6.54 Å². The second kappa shape index (κ2) is 6.92. The molecule has 1 heterocycles. The van der Waals surface area contributed by atoms with Gasteiger partial charge in [-0.25, -0.2) is 4.98 Å². The van der Waals surface area contributed by atoms with Crippen molar-refractivity contribution in [3.05, 3.63) is 10.7 Å². The largest absolute Gasteiger partial charge is 0.477 e. The fourth-order valence-electron chi connectivity index (χ4n) is 1.23. The predicted octanol–water partition coefficient (Wildman–Crippen LogP) is 3.88. The van der Waals surface area contributed by atoms with E-state index >= 15 is 0 Å². The maximum absolute atomic E-state index is 5.70. The Labute approximate surface area is 118 Å². The standard InChI is InChI=1S/C13H22BrN3O/c1-5-7-15-12-16-9-10(14)11(17-12)18-8-6-13(2,3)4/h9H,5-8H2,1-4H3,(H,15,16,17). The third-order valence-electron chi connectivity index (χ3n) is 2.34. The Balaban J connectivity index is 2.58. The molecule has 1 rings (SSSR count). The smallest absolute Gasteiger partial charge is 0.232 e. The molecule has 0 aromatic carbocycles. The zero-order chi connectivity index (χ0) is 13.6. The Morgan fingerprint density at radius 3 is 2.72 bits per heavy atom. The van der Waals surface area contributed by atoms with E-state index in [0.717, 1.165) is 23.9 Å². The van der Waals surface area contributed by atoms with Crippen LogP contribution < -0.4 is 10.1 Å². The molecule has 1 N–H and O–H groups in total. The number of halogens is 1. The summed E-state index contributed by atoms with van der Waals surface area (Å²) in [6.45, 7) is 10.2. The van der Waals surface area contributed by atoms with E-state index in [1.54, 1.807) is 6.20 Å². The van der Waals surface area contributed by atoms with Crippen LogP contribution in [0.4, 0.5) is 5.95 Å². The average molecular weight is 316 g/mol. The number of nitrogens with one attached hydrogen (secondary N) is 1. The minimum atomic E-state index is 0.267. The first-order valence-electron chi connectivity index (χ1n) is 6.31. The van der Waals surface area contributed by atoms with E-state index < -0.39 is 0 Å². The SMILES string of the molecule is CCCNc1ncc(Br)c(OCCC(C)(C)C)n1. The molecule has 0 fully saturated rings. The van der Waals surface area contributed by atoms with Crippen LogP contribution in [0.5, 0.6) is 5.88 Å². The van der Waals surface area contributed by atoms with Crippen LogP contribution in [0.1, 0.15) is 40.5 Å². The van der Waals surface area contributed by atoms with E-state index in [9.17, 15) is 0 Å². The molecule has 0 aliphatic rings. The molecule has 0 amide bonds. The highest BCUT2D eigenvalue weighted by atomic mass is 79.9. The van der Waals surface area contributed by atoms with Crippen LogP contribution in [0.25, 0.3) is 0 Å². The van der Waals surface area contributed by atoms with Gasteiger partial charge in [0.05, 0.1) is 17.3 Å². The molecule has 1 aromatic rings. The Morgan fingerprint density at radius 2 is 2.11 bits per heavy atom. The summed E-state index contributed by atoms with van der Waals surface area (Å²) in [6.07, 6.45) is 3.75. The highest BCUT2D eigenvalue weighted by Crippen LogP contribution is 2.24. The lowest BCUT2D eigenvalue weighted by molar-refractivity contribution is 0.235. The molecule has 0 aliphatic heterocycles. The predicted molar refractivity (Wildman–Crippen MR) is 78.1 cm³/mol. The highest BCUT2D eigenvalue weighted by Gasteiger charge is 2.12. The number of hydrogen-bond acceptors (Lipinski definition) is 4. The van der Waals surface area contributed by atoms with Gasteiger partial charge < -0.3 is 10.1 Å². The molecule has 0 saturated heterocycles. The monoisotopic (exact) mass is 315 g/mol. The highest BCUT2D eigenvalue weighted by molar-refractivity contribution is 9.10. The minimum Gasteiger partial charge on any atom is -0.477 e. The summed E-state index contributed by atoms with van der Waals surface area (Å²) in [5, 5.41) is 3.15. The lowest BCUT2D eigenvalue weighted by atomic mass is 9.93. The number of aromatic nitrogens is 2. The van der Waals surface area contributed by atoms with Crippen LogP contribution in [0.15, 0.2) is 10.7 Å². The molecule has 4 nitrogen and oxygen atoms in total. The Hall–Kier alpha value is -0.840. The third kappa shape index (κ3) is 5.67. The van der Waals surface area contributed by atoms with Crippen LogP contribution in [0.2, 0.25) is 0 Å². The van der Waals surface area contributed by atoms with Crippen molar-refractivity contribution in [1.82, 2.24) is 9.97 Å². The average Bonchev–Trinajstić information content (AvgIpc) is 2.28. The number of ether oxygens (including phenoxy) is 1. The second-order valence-electron chi connectivity index (χ2n) is 5.43. The summed E-state index contributed by atoms with van der Waals surface area (Å²) in [5.74, 6) is 1.22. The van der Waals surface area contributed by atoms with Gasteiger partial charge in [0.25, 0.3) is 0 Å². The molecule has 0 spiro atoms. The minimum absolute atomic E-state index is 0.267. The Bertz CT molecular complexity index is 377. The van der Waals surface area contributed by atoms with E-state index in [2.05, 4.69) is 58.9 Å². The molecule has 18 heavy (non-hydrogen) atoms. The molecule has 0 aliphatic carbocycles. The molecule has 102 valence electrons. The van der Waals surface area contributed by atoms with Crippen molar-refractivity contribution >= 4 is 21.9 Å². The lowest BCUT2D eigenvalue weighted by Crippen LogP contribution is -2.12. The van der Waals surface area contributed by atoms with Crippen LogP contribution in [-0.4, -0.2) is 23.1 Å². The maximum atomic E-state index is 5.70. The third-order valence-corrected chi connectivity index (χ3v) is 2.88. The van der Waals surface area contributed by atoms with Crippen molar-refractivity contribution in [3.8, 4) is 5.88 Å². The summed E-state index contributed by atoms with van der Waals surface area (Å²) in [5.41, 5.74) is 0.267. The van der Waals surface area contributed by atoms with Gasteiger partial charge in [-0.1, -0.05) is 27.7 Å². The molecule has 1 aromatic heterocycles. The van der Waals surface area contributed by atoms with Gasteiger partial charge in [0.1, 0.15) is 0 Å². The van der Waals surface area contributed by atoms with Crippen molar-refractivity contribution in [2.24, 2.45) is 5.41 Å². The summed E-state index contributed by atoms with van der Waals surface area (Å²) in [4.78, 5) is 8.52. The quantitative estimate of drug-likeness (QED) is 0.865. The summed E-state index contributed by atoms with van der Waals surface area (Å²) in [7, 11) is 0. The summed E-state index contributed by atoms with van der Waals surface area (Å²) < 4.78 is 6.49. The van der Waals surface area contributed by atoms with Gasteiger partial charge >= 0.3 is 0 Å². The van der Waals surface area contributed by atoms with Crippen molar-refractivity contribution in [3.63, 3.8) is 0 Å². The molecule has 0 atom stereocenters. The molecular formula is C13H22BrN3O. The van der Waals surface area contributed by atoms with Gasteiger partial charge in [0.15, 0.2) is 0 Å². The molecule has 0 unspecified atom stereocenters. The molecule has 5 heteroatoms. The molecule has 0 saturated carbocycles. The fourth-order valence-corrected chi connectivity index (χ4v) is 1.53. The van der Waals surface area contributed by atoms with E-state index in [4.69, 9.17) is 4.74 Å². The Kier molecular flexibility index (Phi) is 5.85. The fraction of sp³-hybridized carbons (Fsp3) is 0.692. The van der Waals surface area contributed by atoms with Crippen LogP contribution in [0, 0.1) is 5.41 Å². The van der Waals surface area contributed by atoms with Crippen molar-refractivity contribution in [2.45, 2.75) is 40.5 Å².